The molecule has 0 amide bonds. The van der Waals surface area contributed by atoms with Crippen LogP contribution in [0, 0.1) is 6.92 Å². The van der Waals surface area contributed by atoms with Crippen LogP contribution in [0.5, 0.6) is 0 Å². The number of carbonyl (C=O) groups is 1. The molecule has 0 aliphatic heterocycles. The third kappa shape index (κ3) is 3.19. The molecular formula is C12H16N4O3. The predicted octanol–water partition coefficient (Wildman–Crippen LogP) is 0.939. The quantitative estimate of drug-likeness (QED) is 0.807. The van der Waals surface area contributed by atoms with Crippen molar-refractivity contribution in [3.63, 3.8) is 0 Å². The smallest absolute Gasteiger partial charge is 0.306 e. The topological polar surface area (TPSA) is 88.8 Å². The van der Waals surface area contributed by atoms with E-state index in [-0.39, 0.29) is 6.42 Å². The lowest BCUT2D eigenvalue weighted by molar-refractivity contribution is -0.139. The van der Waals surface area contributed by atoms with Crippen molar-refractivity contribution in [2.45, 2.75) is 19.4 Å². The summed E-state index contributed by atoms with van der Waals surface area (Å²) in [4.78, 5) is 14.8. The van der Waals surface area contributed by atoms with Crippen molar-refractivity contribution in [1.82, 2.24) is 14.6 Å². The number of hydrogen-bond donors (Lipinski definition) is 2. The highest BCUT2D eigenvalue weighted by atomic mass is 16.5. The van der Waals surface area contributed by atoms with Gasteiger partial charge in [0.2, 0.25) is 0 Å². The van der Waals surface area contributed by atoms with E-state index in [9.17, 15) is 4.79 Å². The minimum Gasteiger partial charge on any atom is -0.481 e. The second kappa shape index (κ2) is 5.66. The Labute approximate surface area is 110 Å². The summed E-state index contributed by atoms with van der Waals surface area (Å²) in [6, 6.07) is 3.85. The van der Waals surface area contributed by atoms with E-state index in [0.29, 0.717) is 6.54 Å². The van der Waals surface area contributed by atoms with E-state index in [0.717, 1.165) is 17.0 Å². The summed E-state index contributed by atoms with van der Waals surface area (Å²) in [5.41, 5.74) is 1.80. The summed E-state index contributed by atoms with van der Waals surface area (Å²) in [6.45, 7) is 2.35. The third-order valence-corrected chi connectivity index (χ3v) is 2.77. The van der Waals surface area contributed by atoms with E-state index in [1.807, 2.05) is 19.1 Å². The third-order valence-electron chi connectivity index (χ3n) is 2.77. The molecular weight excluding hydrogens is 248 g/mol. The molecule has 0 saturated carbocycles. The van der Waals surface area contributed by atoms with Crippen molar-refractivity contribution < 1.29 is 14.6 Å². The number of carboxylic acid groups (broad SMARTS) is 1. The van der Waals surface area contributed by atoms with Gasteiger partial charge in [-0.25, -0.2) is 4.98 Å². The normalized spacial score (nSPS) is 12.5. The average Bonchev–Trinajstić information content (AvgIpc) is 2.81. The standard InChI is InChI=1S/C12H16N4O3/c1-8-3-10(16-11(4-8)14-7-15-16)13-6-9(19-2)5-12(17)18/h3-4,7,9,13H,5-6H2,1-2H3,(H,17,18). The number of pyridine rings is 1. The highest BCUT2D eigenvalue weighted by Gasteiger charge is 2.13. The highest BCUT2D eigenvalue weighted by Crippen LogP contribution is 2.13. The number of carboxylic acids is 1. The van der Waals surface area contributed by atoms with Crippen molar-refractivity contribution in [1.29, 1.82) is 0 Å². The fraction of sp³-hybridized carbons (Fsp3) is 0.417. The molecule has 0 spiro atoms. The predicted molar refractivity (Wildman–Crippen MR) is 69.3 cm³/mol. The molecule has 102 valence electrons. The van der Waals surface area contributed by atoms with Gasteiger partial charge in [0, 0.05) is 13.7 Å². The minimum atomic E-state index is -0.885. The maximum Gasteiger partial charge on any atom is 0.306 e. The molecule has 2 N–H and O–H groups in total. The first-order valence-electron chi connectivity index (χ1n) is 5.89. The van der Waals surface area contributed by atoms with E-state index in [1.54, 1.807) is 4.52 Å². The molecule has 2 heterocycles. The SMILES string of the molecule is COC(CNc1cc(C)cc2ncnn12)CC(=O)O. The summed E-state index contributed by atoms with van der Waals surface area (Å²) < 4.78 is 6.79. The Balaban J connectivity index is 2.12. The van der Waals surface area contributed by atoms with Crippen LogP contribution in [-0.4, -0.2) is 45.4 Å². The van der Waals surface area contributed by atoms with Crippen LogP contribution in [0.2, 0.25) is 0 Å². The molecule has 0 aromatic carbocycles. The molecule has 0 saturated heterocycles. The van der Waals surface area contributed by atoms with Crippen LogP contribution in [0.15, 0.2) is 18.5 Å². The summed E-state index contributed by atoms with van der Waals surface area (Å²) in [6.07, 6.45) is 1.04. The van der Waals surface area contributed by atoms with Crippen molar-refractivity contribution >= 4 is 17.4 Å². The zero-order chi connectivity index (χ0) is 13.8. The van der Waals surface area contributed by atoms with Crippen LogP contribution < -0.4 is 5.32 Å². The Morgan fingerprint density at radius 2 is 2.37 bits per heavy atom. The fourth-order valence-electron chi connectivity index (χ4n) is 1.83. The van der Waals surface area contributed by atoms with E-state index in [1.165, 1.54) is 13.4 Å². The molecule has 0 aliphatic carbocycles. The first-order valence-corrected chi connectivity index (χ1v) is 5.89. The Bertz CT molecular complexity index is 581. The van der Waals surface area contributed by atoms with Gasteiger partial charge >= 0.3 is 5.97 Å². The van der Waals surface area contributed by atoms with Gasteiger partial charge in [0.15, 0.2) is 5.65 Å². The molecule has 1 atom stereocenters. The van der Waals surface area contributed by atoms with Gasteiger partial charge in [0.05, 0.1) is 12.5 Å². The van der Waals surface area contributed by atoms with E-state index >= 15 is 0 Å². The second-order valence-electron chi connectivity index (χ2n) is 4.28. The summed E-state index contributed by atoms with van der Waals surface area (Å²) in [7, 11) is 1.50. The number of fused-ring (bicyclic) bond motifs is 1. The van der Waals surface area contributed by atoms with Gasteiger partial charge in [0.25, 0.3) is 0 Å². The zero-order valence-corrected chi connectivity index (χ0v) is 10.8. The van der Waals surface area contributed by atoms with Gasteiger partial charge in [-0.15, -0.1) is 0 Å². The van der Waals surface area contributed by atoms with E-state index < -0.39 is 12.1 Å². The molecule has 1 unspecified atom stereocenters. The van der Waals surface area contributed by atoms with Crippen LogP contribution in [0.4, 0.5) is 5.82 Å². The number of nitrogens with one attached hydrogen (secondary N) is 1. The number of aryl methyl sites for hydroxylation is 1. The Kier molecular flexibility index (Phi) is 3.96. The Hall–Kier alpha value is -2.15. The molecule has 0 bridgehead atoms. The monoisotopic (exact) mass is 264 g/mol. The molecule has 2 rings (SSSR count). The lowest BCUT2D eigenvalue weighted by Gasteiger charge is -2.15. The van der Waals surface area contributed by atoms with Crippen LogP contribution >= 0.6 is 0 Å². The highest BCUT2D eigenvalue weighted by molar-refractivity contribution is 5.67. The number of methoxy groups -OCH3 is 1. The Morgan fingerprint density at radius 1 is 1.58 bits per heavy atom. The van der Waals surface area contributed by atoms with Gasteiger partial charge in [-0.2, -0.15) is 9.61 Å². The number of nitrogens with zero attached hydrogens (tertiary/aromatic N) is 3. The van der Waals surface area contributed by atoms with Crippen molar-refractivity contribution in [3.8, 4) is 0 Å². The second-order valence-corrected chi connectivity index (χ2v) is 4.28. The molecule has 19 heavy (non-hydrogen) atoms. The molecule has 7 heteroatoms. The lowest BCUT2D eigenvalue weighted by Crippen LogP contribution is -2.25. The number of aromatic nitrogens is 3. The number of rotatable bonds is 6. The van der Waals surface area contributed by atoms with E-state index in [4.69, 9.17) is 9.84 Å². The van der Waals surface area contributed by atoms with Crippen LogP contribution in [0.1, 0.15) is 12.0 Å². The number of aliphatic carboxylic acids is 1. The fourth-order valence-corrected chi connectivity index (χ4v) is 1.83. The molecule has 0 fully saturated rings. The van der Waals surface area contributed by atoms with Crippen LogP contribution in [0.25, 0.3) is 5.65 Å². The molecule has 0 radical (unpaired) electrons. The summed E-state index contributed by atoms with van der Waals surface area (Å²) >= 11 is 0. The molecule has 2 aromatic heterocycles. The van der Waals surface area contributed by atoms with Gasteiger partial charge in [-0.3, -0.25) is 4.79 Å². The van der Waals surface area contributed by atoms with Crippen molar-refractivity contribution in [2.24, 2.45) is 0 Å². The number of anilines is 1. The molecule has 7 nitrogen and oxygen atoms in total. The summed E-state index contributed by atoms with van der Waals surface area (Å²) in [5, 5.41) is 16.0. The zero-order valence-electron chi connectivity index (χ0n) is 10.8. The van der Waals surface area contributed by atoms with Crippen molar-refractivity contribution in [2.75, 3.05) is 19.0 Å². The van der Waals surface area contributed by atoms with Gasteiger partial charge in [-0.05, 0) is 24.6 Å². The molecule has 0 aliphatic rings. The van der Waals surface area contributed by atoms with Crippen LogP contribution in [0.3, 0.4) is 0 Å². The van der Waals surface area contributed by atoms with E-state index in [2.05, 4.69) is 15.4 Å². The van der Waals surface area contributed by atoms with Crippen LogP contribution in [-0.2, 0) is 9.53 Å². The van der Waals surface area contributed by atoms with Crippen molar-refractivity contribution in [3.05, 3.63) is 24.0 Å². The first-order chi connectivity index (χ1) is 9.10. The lowest BCUT2D eigenvalue weighted by atomic mass is 10.2. The summed E-state index contributed by atoms with van der Waals surface area (Å²) in [5.74, 6) is -0.122. The molecule has 2 aromatic rings. The average molecular weight is 264 g/mol. The minimum absolute atomic E-state index is 0.0458. The first kappa shape index (κ1) is 13.3. The maximum atomic E-state index is 10.7. The largest absolute Gasteiger partial charge is 0.481 e. The maximum absolute atomic E-state index is 10.7. The number of ether oxygens (including phenoxy) is 1. The van der Waals surface area contributed by atoms with Gasteiger partial charge < -0.3 is 15.2 Å². The van der Waals surface area contributed by atoms with Gasteiger partial charge in [-0.1, -0.05) is 0 Å². The Morgan fingerprint density at radius 3 is 3.05 bits per heavy atom. The van der Waals surface area contributed by atoms with Gasteiger partial charge in [0.1, 0.15) is 12.1 Å². The number of hydrogen-bond acceptors (Lipinski definition) is 5.